The van der Waals surface area contributed by atoms with Gasteiger partial charge in [-0.15, -0.1) is 0 Å². The first-order chi connectivity index (χ1) is 10.3. The Morgan fingerprint density at radius 3 is 2.59 bits per heavy atom. The summed E-state index contributed by atoms with van der Waals surface area (Å²) in [5.74, 6) is -3.97. The van der Waals surface area contributed by atoms with Gasteiger partial charge in [-0.3, -0.25) is 10.1 Å². The van der Waals surface area contributed by atoms with Crippen molar-refractivity contribution in [1.82, 2.24) is 0 Å². The molecule has 120 valence electrons. The van der Waals surface area contributed by atoms with Crippen molar-refractivity contribution in [2.24, 2.45) is 5.92 Å². The van der Waals surface area contributed by atoms with Gasteiger partial charge >= 0.3 is 5.97 Å². The Labute approximate surface area is 125 Å². The number of halogens is 2. The van der Waals surface area contributed by atoms with Gasteiger partial charge < -0.3 is 10.4 Å². The van der Waals surface area contributed by atoms with Crippen LogP contribution in [0.15, 0.2) is 18.2 Å². The highest BCUT2D eigenvalue weighted by molar-refractivity contribution is 5.96. The van der Waals surface area contributed by atoms with Crippen molar-refractivity contribution in [3.05, 3.63) is 33.9 Å². The highest BCUT2D eigenvalue weighted by Gasteiger charge is 2.35. The van der Waals surface area contributed by atoms with Crippen LogP contribution >= 0.6 is 0 Å². The Morgan fingerprint density at radius 1 is 1.41 bits per heavy atom. The number of para-hydroxylation sites is 1. The minimum Gasteiger partial charge on any atom is -0.478 e. The molecule has 0 spiro atoms. The van der Waals surface area contributed by atoms with E-state index in [-0.39, 0.29) is 42.2 Å². The minimum absolute atomic E-state index is 0.0546. The summed E-state index contributed by atoms with van der Waals surface area (Å²) in [5, 5.41) is 22.9. The molecule has 2 rings (SSSR count). The largest absolute Gasteiger partial charge is 0.478 e. The Bertz CT molecular complexity index is 550. The van der Waals surface area contributed by atoms with Crippen LogP contribution in [0.25, 0.3) is 0 Å². The van der Waals surface area contributed by atoms with Gasteiger partial charge in [0.2, 0.25) is 5.92 Å². The molecule has 1 aromatic rings. The molecule has 0 atom stereocenters. The van der Waals surface area contributed by atoms with Crippen LogP contribution in [0.5, 0.6) is 0 Å². The van der Waals surface area contributed by atoms with Crippen LogP contribution in [0, 0.1) is 16.0 Å². The number of benzene rings is 1. The van der Waals surface area contributed by atoms with Crippen molar-refractivity contribution in [2.75, 3.05) is 11.9 Å². The van der Waals surface area contributed by atoms with Gasteiger partial charge in [0.25, 0.3) is 5.69 Å². The number of rotatable bonds is 5. The molecule has 0 heterocycles. The van der Waals surface area contributed by atoms with Gasteiger partial charge in [-0.1, -0.05) is 6.07 Å². The van der Waals surface area contributed by atoms with Gasteiger partial charge in [0.15, 0.2) is 0 Å². The number of anilines is 1. The maximum absolute atomic E-state index is 13.1. The fourth-order valence-corrected chi connectivity index (χ4v) is 2.61. The van der Waals surface area contributed by atoms with Gasteiger partial charge in [-0.05, 0) is 24.8 Å². The van der Waals surface area contributed by atoms with Gasteiger partial charge in [0, 0.05) is 25.5 Å². The Morgan fingerprint density at radius 2 is 2.05 bits per heavy atom. The maximum atomic E-state index is 13.1. The highest BCUT2D eigenvalue weighted by Crippen LogP contribution is 2.37. The SMILES string of the molecule is O=C(O)c1cccc([N+](=O)[O-])c1NCC1CCC(F)(F)CC1. The number of carbonyl (C=O) groups is 1. The first-order valence-corrected chi connectivity index (χ1v) is 6.92. The van der Waals surface area contributed by atoms with Crippen molar-refractivity contribution in [3.63, 3.8) is 0 Å². The molecule has 1 aromatic carbocycles. The van der Waals surface area contributed by atoms with Crippen LogP contribution in [-0.2, 0) is 0 Å². The number of carboxylic acid groups (broad SMARTS) is 1. The van der Waals surface area contributed by atoms with Gasteiger partial charge in [-0.25, -0.2) is 13.6 Å². The zero-order valence-corrected chi connectivity index (χ0v) is 11.7. The molecule has 0 aliphatic heterocycles. The number of nitro groups is 1. The van der Waals surface area contributed by atoms with Crippen LogP contribution in [0.2, 0.25) is 0 Å². The molecule has 1 saturated carbocycles. The summed E-state index contributed by atoms with van der Waals surface area (Å²) in [6.45, 7) is 0.237. The molecular formula is C14H16F2N2O4. The van der Waals surface area contributed by atoms with E-state index < -0.39 is 16.8 Å². The second kappa shape index (κ2) is 6.25. The number of alkyl halides is 2. The summed E-state index contributed by atoms with van der Waals surface area (Å²) < 4.78 is 26.2. The van der Waals surface area contributed by atoms with E-state index in [4.69, 9.17) is 5.11 Å². The average Bonchev–Trinajstić information content (AvgIpc) is 2.45. The van der Waals surface area contributed by atoms with Crippen molar-refractivity contribution in [2.45, 2.75) is 31.6 Å². The monoisotopic (exact) mass is 314 g/mol. The fraction of sp³-hybridized carbons (Fsp3) is 0.500. The number of nitro benzene ring substituents is 1. The van der Waals surface area contributed by atoms with Crippen molar-refractivity contribution in [3.8, 4) is 0 Å². The molecule has 6 nitrogen and oxygen atoms in total. The van der Waals surface area contributed by atoms with E-state index in [0.29, 0.717) is 12.8 Å². The topological polar surface area (TPSA) is 92.5 Å². The lowest BCUT2D eigenvalue weighted by Gasteiger charge is -2.28. The second-order valence-electron chi connectivity index (χ2n) is 5.44. The van der Waals surface area contributed by atoms with Gasteiger partial charge in [0.05, 0.1) is 10.5 Å². The van der Waals surface area contributed by atoms with E-state index in [9.17, 15) is 23.7 Å². The standard InChI is InChI=1S/C14H16F2N2O4/c15-14(16)6-4-9(5-7-14)8-17-12-10(13(19)20)2-1-3-11(12)18(21)22/h1-3,9,17H,4-8H2,(H,19,20). The quantitative estimate of drug-likeness (QED) is 0.640. The molecule has 0 amide bonds. The van der Waals surface area contributed by atoms with Crippen molar-refractivity contribution < 1.29 is 23.6 Å². The normalized spacial score (nSPS) is 17.9. The molecule has 0 saturated heterocycles. The lowest BCUT2D eigenvalue weighted by molar-refractivity contribution is -0.384. The molecule has 0 bridgehead atoms. The van der Waals surface area contributed by atoms with Crippen LogP contribution < -0.4 is 5.32 Å². The zero-order chi connectivity index (χ0) is 16.3. The summed E-state index contributed by atoms with van der Waals surface area (Å²) in [5.41, 5.74) is -0.603. The zero-order valence-electron chi connectivity index (χ0n) is 11.7. The number of nitrogens with zero attached hydrogens (tertiary/aromatic N) is 1. The first kappa shape index (κ1) is 16.1. The average molecular weight is 314 g/mol. The molecule has 22 heavy (non-hydrogen) atoms. The summed E-state index contributed by atoms with van der Waals surface area (Å²) in [6.07, 6.45) is 0.204. The molecule has 1 aliphatic carbocycles. The van der Waals surface area contributed by atoms with E-state index in [1.54, 1.807) is 0 Å². The number of hydrogen-bond donors (Lipinski definition) is 2. The number of hydrogen-bond acceptors (Lipinski definition) is 4. The number of aromatic carboxylic acids is 1. The predicted molar refractivity (Wildman–Crippen MR) is 75.5 cm³/mol. The highest BCUT2D eigenvalue weighted by atomic mass is 19.3. The molecule has 1 fully saturated rings. The summed E-state index contributed by atoms with van der Waals surface area (Å²) in [4.78, 5) is 21.5. The Hall–Kier alpha value is -2.25. The number of carboxylic acids is 1. The first-order valence-electron chi connectivity index (χ1n) is 6.92. The van der Waals surface area contributed by atoms with Crippen LogP contribution in [-0.4, -0.2) is 28.5 Å². The molecule has 0 unspecified atom stereocenters. The van der Waals surface area contributed by atoms with Crippen LogP contribution in [0.1, 0.15) is 36.0 Å². The minimum atomic E-state index is -2.64. The Kier molecular flexibility index (Phi) is 4.58. The lowest BCUT2D eigenvalue weighted by Crippen LogP contribution is -2.28. The maximum Gasteiger partial charge on any atom is 0.338 e. The molecule has 1 aliphatic rings. The second-order valence-corrected chi connectivity index (χ2v) is 5.44. The van der Waals surface area contributed by atoms with E-state index in [1.165, 1.54) is 18.2 Å². The molecular weight excluding hydrogens is 298 g/mol. The summed E-state index contributed by atoms with van der Waals surface area (Å²) in [6, 6.07) is 3.78. The predicted octanol–water partition coefficient (Wildman–Crippen LogP) is 3.53. The van der Waals surface area contributed by atoms with E-state index >= 15 is 0 Å². The molecule has 2 N–H and O–H groups in total. The van der Waals surface area contributed by atoms with Crippen molar-refractivity contribution >= 4 is 17.3 Å². The van der Waals surface area contributed by atoms with Gasteiger partial charge in [0.1, 0.15) is 5.69 Å². The Balaban J connectivity index is 2.12. The molecule has 0 aromatic heterocycles. The third-order valence-corrected chi connectivity index (χ3v) is 3.87. The third kappa shape index (κ3) is 3.69. The third-order valence-electron chi connectivity index (χ3n) is 3.87. The van der Waals surface area contributed by atoms with Crippen LogP contribution in [0.4, 0.5) is 20.2 Å². The van der Waals surface area contributed by atoms with Crippen molar-refractivity contribution in [1.29, 1.82) is 0 Å². The summed E-state index contributed by atoms with van der Waals surface area (Å²) >= 11 is 0. The van der Waals surface area contributed by atoms with E-state index in [0.717, 1.165) is 0 Å². The van der Waals surface area contributed by atoms with E-state index in [2.05, 4.69) is 5.32 Å². The van der Waals surface area contributed by atoms with E-state index in [1.807, 2.05) is 0 Å². The molecule has 0 radical (unpaired) electrons. The fourth-order valence-electron chi connectivity index (χ4n) is 2.61. The number of nitrogens with one attached hydrogen (secondary N) is 1. The van der Waals surface area contributed by atoms with Gasteiger partial charge in [-0.2, -0.15) is 0 Å². The summed E-state index contributed by atoms with van der Waals surface area (Å²) in [7, 11) is 0. The molecule has 8 heteroatoms. The smallest absolute Gasteiger partial charge is 0.338 e. The van der Waals surface area contributed by atoms with Crippen LogP contribution in [0.3, 0.4) is 0 Å². The lowest BCUT2D eigenvalue weighted by atomic mass is 9.86.